The van der Waals surface area contributed by atoms with Gasteiger partial charge in [0.25, 0.3) is 0 Å². The van der Waals surface area contributed by atoms with Crippen molar-refractivity contribution >= 4 is 17.3 Å². The molecule has 0 unspecified atom stereocenters. The predicted molar refractivity (Wildman–Crippen MR) is 80.1 cm³/mol. The lowest BCUT2D eigenvalue weighted by atomic mass is 10.2. The van der Waals surface area contributed by atoms with Gasteiger partial charge in [-0.3, -0.25) is 14.2 Å². The molecule has 1 aliphatic rings. The molecule has 1 saturated heterocycles. The maximum atomic E-state index is 12.5. The Morgan fingerprint density at radius 3 is 2.90 bits per heavy atom. The van der Waals surface area contributed by atoms with Crippen LogP contribution in [-0.2, 0) is 18.4 Å². The smallest absolute Gasteiger partial charge is 0.249 e. The molecule has 1 fully saturated rings. The third-order valence-electron chi connectivity index (χ3n) is 3.64. The molecule has 1 amide bonds. The van der Waals surface area contributed by atoms with Crippen molar-refractivity contribution in [1.29, 1.82) is 0 Å². The normalized spacial score (nSPS) is 18.5. The Hall–Kier alpha value is -2.31. The van der Waals surface area contributed by atoms with Crippen LogP contribution < -0.4 is 10.2 Å². The van der Waals surface area contributed by atoms with E-state index >= 15 is 0 Å². The molecule has 2 aromatic rings. The van der Waals surface area contributed by atoms with Gasteiger partial charge in [0.15, 0.2) is 0 Å². The highest BCUT2D eigenvalue weighted by Gasteiger charge is 2.33. The average molecular weight is 288 g/mol. The van der Waals surface area contributed by atoms with Crippen LogP contribution in [0.15, 0.2) is 24.8 Å². The predicted octanol–water partition coefficient (Wildman–Crippen LogP) is 1.24. The van der Waals surface area contributed by atoms with E-state index in [9.17, 15) is 4.79 Å². The van der Waals surface area contributed by atoms with Gasteiger partial charge in [-0.1, -0.05) is 6.92 Å². The quantitative estimate of drug-likeness (QED) is 0.899. The number of carbonyl (C=O) groups excluding carboxylic acids is 1. The molecule has 0 radical (unpaired) electrons. The molecule has 112 valence electrons. The van der Waals surface area contributed by atoms with E-state index in [2.05, 4.69) is 22.4 Å². The summed E-state index contributed by atoms with van der Waals surface area (Å²) in [6.07, 6.45) is 9.13. The second kappa shape index (κ2) is 5.59. The largest absolute Gasteiger partial charge is 0.371 e. The number of carbonyl (C=O) groups is 1. The molecule has 0 bridgehead atoms. The first-order valence-electron chi connectivity index (χ1n) is 7.26. The number of hydrogen-bond donors (Lipinski definition) is 1. The molecule has 3 rings (SSSR count). The lowest BCUT2D eigenvalue weighted by molar-refractivity contribution is -0.117. The fraction of sp³-hybridized carbons (Fsp3) is 0.500. The minimum atomic E-state index is -0.190. The van der Waals surface area contributed by atoms with E-state index in [4.69, 9.17) is 0 Å². The van der Waals surface area contributed by atoms with Crippen LogP contribution >= 0.6 is 0 Å². The molecule has 0 spiro atoms. The first kappa shape index (κ1) is 13.7. The number of amides is 1. The molecule has 1 atom stereocenters. The minimum absolute atomic E-state index is 0.0891. The summed E-state index contributed by atoms with van der Waals surface area (Å²) in [6.45, 7) is 3.72. The Bertz CT molecular complexity index is 631. The van der Waals surface area contributed by atoms with Gasteiger partial charge in [0.1, 0.15) is 6.04 Å². The van der Waals surface area contributed by atoms with Gasteiger partial charge in [-0.25, -0.2) is 0 Å². The van der Waals surface area contributed by atoms with Crippen LogP contribution in [0.1, 0.15) is 19.8 Å². The first-order valence-corrected chi connectivity index (χ1v) is 7.26. The zero-order valence-electron chi connectivity index (χ0n) is 12.4. The number of nitrogens with zero attached hydrogens (tertiary/aromatic N) is 5. The zero-order chi connectivity index (χ0) is 14.8. The van der Waals surface area contributed by atoms with E-state index in [0.717, 1.165) is 30.8 Å². The molecule has 1 N–H and O–H groups in total. The van der Waals surface area contributed by atoms with Gasteiger partial charge >= 0.3 is 0 Å². The Morgan fingerprint density at radius 1 is 1.33 bits per heavy atom. The highest BCUT2D eigenvalue weighted by Crippen LogP contribution is 2.23. The van der Waals surface area contributed by atoms with Crippen molar-refractivity contribution in [3.05, 3.63) is 24.8 Å². The number of hydrogen-bond acceptors (Lipinski definition) is 4. The van der Waals surface area contributed by atoms with E-state index in [1.165, 1.54) is 0 Å². The third kappa shape index (κ3) is 2.76. The standard InChI is InChI=1S/C14H20N6O/c1-3-5-19-9-11(7-16-19)17-13-4-6-20(14(13)21)12-8-15-18(2)10-12/h7-10,13,17H,3-6H2,1-2H3/t13-/m1/s1. The van der Waals surface area contributed by atoms with Crippen molar-refractivity contribution in [2.45, 2.75) is 32.4 Å². The van der Waals surface area contributed by atoms with Crippen molar-refractivity contribution in [3.63, 3.8) is 0 Å². The number of rotatable bonds is 5. The maximum absolute atomic E-state index is 12.5. The van der Waals surface area contributed by atoms with Crippen molar-refractivity contribution in [1.82, 2.24) is 19.6 Å². The summed E-state index contributed by atoms with van der Waals surface area (Å²) >= 11 is 0. The zero-order valence-corrected chi connectivity index (χ0v) is 12.4. The molecule has 21 heavy (non-hydrogen) atoms. The summed E-state index contributed by atoms with van der Waals surface area (Å²) in [6, 6.07) is -0.190. The Balaban J connectivity index is 1.66. The molecule has 0 aromatic carbocycles. The van der Waals surface area contributed by atoms with Crippen molar-refractivity contribution in [2.24, 2.45) is 7.05 Å². The maximum Gasteiger partial charge on any atom is 0.249 e. The van der Waals surface area contributed by atoms with Crippen LogP contribution in [0.4, 0.5) is 11.4 Å². The fourth-order valence-electron chi connectivity index (χ4n) is 2.61. The number of nitrogens with one attached hydrogen (secondary N) is 1. The second-order valence-corrected chi connectivity index (χ2v) is 5.34. The van der Waals surface area contributed by atoms with Gasteiger partial charge in [0.05, 0.1) is 23.8 Å². The lowest BCUT2D eigenvalue weighted by Gasteiger charge is -2.14. The Kier molecular flexibility index (Phi) is 3.64. The summed E-state index contributed by atoms with van der Waals surface area (Å²) in [4.78, 5) is 14.2. The van der Waals surface area contributed by atoms with E-state index in [1.807, 2.05) is 24.1 Å². The Morgan fingerprint density at radius 2 is 2.19 bits per heavy atom. The summed E-state index contributed by atoms with van der Waals surface area (Å²) in [7, 11) is 1.85. The second-order valence-electron chi connectivity index (χ2n) is 5.34. The number of anilines is 2. The van der Waals surface area contributed by atoms with Gasteiger partial charge < -0.3 is 10.2 Å². The van der Waals surface area contributed by atoms with Gasteiger partial charge in [-0.05, 0) is 12.8 Å². The van der Waals surface area contributed by atoms with Crippen LogP contribution in [-0.4, -0.2) is 38.1 Å². The topological polar surface area (TPSA) is 68.0 Å². The molecule has 7 nitrogen and oxygen atoms in total. The van der Waals surface area contributed by atoms with E-state index in [1.54, 1.807) is 22.0 Å². The monoisotopic (exact) mass is 288 g/mol. The molecule has 7 heteroatoms. The van der Waals surface area contributed by atoms with E-state index in [-0.39, 0.29) is 11.9 Å². The van der Waals surface area contributed by atoms with E-state index < -0.39 is 0 Å². The van der Waals surface area contributed by atoms with Crippen LogP contribution in [0, 0.1) is 0 Å². The fourth-order valence-corrected chi connectivity index (χ4v) is 2.61. The minimum Gasteiger partial charge on any atom is -0.371 e. The average Bonchev–Trinajstić information content (AvgIpc) is 3.14. The molecular weight excluding hydrogens is 268 g/mol. The van der Waals surface area contributed by atoms with Crippen LogP contribution in [0.2, 0.25) is 0 Å². The first-order chi connectivity index (χ1) is 10.2. The van der Waals surface area contributed by atoms with Gasteiger partial charge in [-0.2, -0.15) is 10.2 Å². The van der Waals surface area contributed by atoms with Crippen LogP contribution in [0.25, 0.3) is 0 Å². The number of aryl methyl sites for hydroxylation is 2. The van der Waals surface area contributed by atoms with Crippen molar-refractivity contribution < 1.29 is 4.79 Å². The van der Waals surface area contributed by atoms with Gasteiger partial charge in [0.2, 0.25) is 5.91 Å². The molecule has 1 aliphatic heterocycles. The Labute approximate surface area is 123 Å². The van der Waals surface area contributed by atoms with Crippen molar-refractivity contribution in [3.8, 4) is 0 Å². The highest BCUT2D eigenvalue weighted by atomic mass is 16.2. The van der Waals surface area contributed by atoms with Gasteiger partial charge in [-0.15, -0.1) is 0 Å². The summed E-state index contributed by atoms with van der Waals surface area (Å²) in [5.41, 5.74) is 1.75. The molecule has 2 aromatic heterocycles. The number of aromatic nitrogens is 4. The molecule has 0 saturated carbocycles. The van der Waals surface area contributed by atoms with Gasteiger partial charge in [0, 0.05) is 32.5 Å². The molecular formula is C14H20N6O. The summed E-state index contributed by atoms with van der Waals surface area (Å²) < 4.78 is 3.60. The third-order valence-corrected chi connectivity index (χ3v) is 3.64. The highest BCUT2D eigenvalue weighted by molar-refractivity contribution is 6.00. The lowest BCUT2D eigenvalue weighted by Crippen LogP contribution is -2.33. The molecule has 3 heterocycles. The summed E-state index contributed by atoms with van der Waals surface area (Å²) in [5.74, 6) is 0.0891. The van der Waals surface area contributed by atoms with Crippen molar-refractivity contribution in [2.75, 3.05) is 16.8 Å². The molecule has 0 aliphatic carbocycles. The SMILES string of the molecule is CCCn1cc(N[C@@H]2CCN(c3cnn(C)c3)C2=O)cn1. The van der Waals surface area contributed by atoms with Crippen LogP contribution in [0.5, 0.6) is 0 Å². The van der Waals surface area contributed by atoms with Crippen LogP contribution in [0.3, 0.4) is 0 Å². The van der Waals surface area contributed by atoms with E-state index in [0.29, 0.717) is 6.54 Å². The summed E-state index contributed by atoms with van der Waals surface area (Å²) in [5, 5.41) is 11.7.